The van der Waals surface area contributed by atoms with Crippen molar-refractivity contribution >= 4 is 35.0 Å². The van der Waals surface area contributed by atoms with Crippen LogP contribution in [0.3, 0.4) is 0 Å². The van der Waals surface area contributed by atoms with E-state index in [9.17, 15) is 14.7 Å². The molecule has 1 saturated carbocycles. The highest BCUT2D eigenvalue weighted by atomic mass is 35.5. The fourth-order valence-corrected chi connectivity index (χ4v) is 4.49. The van der Waals surface area contributed by atoms with E-state index in [0.29, 0.717) is 42.5 Å². The number of piperidine rings is 1. The second kappa shape index (κ2) is 8.80. The third kappa shape index (κ3) is 4.95. The fourth-order valence-electron chi connectivity index (χ4n) is 4.01. The Morgan fingerprint density at radius 2 is 1.93 bits per heavy atom. The highest BCUT2D eigenvalue weighted by Gasteiger charge is 2.41. The van der Waals surface area contributed by atoms with Gasteiger partial charge in [0, 0.05) is 29.7 Å². The number of carbonyl (C=O) groups excluding carboxylic acids is 2. The predicted octanol–water partition coefficient (Wildman–Crippen LogP) is 3.54. The summed E-state index contributed by atoms with van der Waals surface area (Å²) in [4.78, 5) is 27.1. The van der Waals surface area contributed by atoms with Crippen LogP contribution in [0, 0.1) is 5.92 Å². The summed E-state index contributed by atoms with van der Waals surface area (Å²) < 4.78 is 0. The molecule has 2 amide bonds. The van der Waals surface area contributed by atoms with Gasteiger partial charge in [0.2, 0.25) is 5.91 Å². The Hall–Kier alpha value is -1.30. The summed E-state index contributed by atoms with van der Waals surface area (Å²) in [6, 6.07) is 5.18. The van der Waals surface area contributed by atoms with Crippen LogP contribution >= 0.6 is 23.2 Å². The van der Waals surface area contributed by atoms with Crippen LogP contribution in [0.1, 0.15) is 50.5 Å². The Kier molecular flexibility index (Phi) is 6.66. The van der Waals surface area contributed by atoms with Crippen LogP contribution in [-0.4, -0.2) is 40.5 Å². The zero-order chi connectivity index (χ0) is 19.4. The van der Waals surface area contributed by atoms with Crippen molar-refractivity contribution in [3.8, 4) is 0 Å². The van der Waals surface area contributed by atoms with Gasteiger partial charge in [0.25, 0.3) is 5.91 Å². The molecule has 5 nitrogen and oxygen atoms in total. The number of carbonyl (C=O) groups is 2. The summed E-state index contributed by atoms with van der Waals surface area (Å²) in [5, 5.41) is 14.7. The normalized spacial score (nSPS) is 22.3. The van der Waals surface area contributed by atoms with Crippen molar-refractivity contribution in [1.29, 1.82) is 0 Å². The molecule has 1 aromatic carbocycles. The molecule has 1 heterocycles. The van der Waals surface area contributed by atoms with Crippen molar-refractivity contribution in [2.24, 2.45) is 5.92 Å². The molecule has 0 aromatic heterocycles. The third-order valence-electron chi connectivity index (χ3n) is 5.63. The molecular weight excluding hydrogens is 387 g/mol. The standard InChI is InChI=1S/C20H26Cl2N2O3/c21-16-7-6-14(17(22)11-16)12-23-18(25)15-5-4-10-24(13-15)19(26)20(27)8-2-1-3-9-20/h6-7,11,15,27H,1-5,8-10,12-13H2,(H,23,25)/t15-/m1/s1. The second-order valence-corrected chi connectivity index (χ2v) is 8.48. The Balaban J connectivity index is 1.56. The lowest BCUT2D eigenvalue weighted by Crippen LogP contribution is -2.54. The van der Waals surface area contributed by atoms with Crippen LogP contribution in [0.25, 0.3) is 0 Å². The molecular formula is C20H26Cl2N2O3. The summed E-state index contributed by atoms with van der Waals surface area (Å²) in [5.74, 6) is -0.560. The molecule has 148 valence electrons. The minimum atomic E-state index is -1.24. The minimum absolute atomic E-state index is 0.0887. The van der Waals surface area contributed by atoms with Crippen LogP contribution in [0.2, 0.25) is 10.0 Å². The summed E-state index contributed by atoms with van der Waals surface area (Å²) >= 11 is 12.0. The lowest BCUT2D eigenvalue weighted by molar-refractivity contribution is -0.157. The summed E-state index contributed by atoms with van der Waals surface area (Å²) in [6.45, 7) is 1.29. The van der Waals surface area contributed by atoms with Gasteiger partial charge >= 0.3 is 0 Å². The smallest absolute Gasteiger partial charge is 0.254 e. The summed E-state index contributed by atoms with van der Waals surface area (Å²) in [6.07, 6.45) is 5.37. The van der Waals surface area contributed by atoms with Crippen molar-refractivity contribution in [2.75, 3.05) is 13.1 Å². The predicted molar refractivity (Wildman–Crippen MR) is 106 cm³/mol. The summed E-state index contributed by atoms with van der Waals surface area (Å²) in [5.41, 5.74) is -0.442. The van der Waals surface area contributed by atoms with E-state index in [4.69, 9.17) is 23.2 Å². The first-order valence-corrected chi connectivity index (χ1v) is 10.4. The molecule has 0 radical (unpaired) electrons. The fraction of sp³-hybridized carbons (Fsp3) is 0.600. The van der Waals surface area contributed by atoms with Gasteiger partial charge in [-0.2, -0.15) is 0 Å². The van der Waals surface area contributed by atoms with Gasteiger partial charge in [0.1, 0.15) is 5.60 Å². The van der Waals surface area contributed by atoms with Gasteiger partial charge in [-0.15, -0.1) is 0 Å². The zero-order valence-electron chi connectivity index (χ0n) is 15.3. The quantitative estimate of drug-likeness (QED) is 0.794. The van der Waals surface area contributed by atoms with Gasteiger partial charge in [0.05, 0.1) is 5.92 Å². The van der Waals surface area contributed by atoms with Gasteiger partial charge in [-0.05, 0) is 43.4 Å². The van der Waals surface area contributed by atoms with Crippen LogP contribution in [0.4, 0.5) is 0 Å². The van der Waals surface area contributed by atoms with Crippen molar-refractivity contribution in [1.82, 2.24) is 10.2 Å². The molecule has 0 spiro atoms. The monoisotopic (exact) mass is 412 g/mol. The number of benzene rings is 1. The van der Waals surface area contributed by atoms with Gasteiger partial charge in [-0.1, -0.05) is 48.5 Å². The van der Waals surface area contributed by atoms with E-state index >= 15 is 0 Å². The van der Waals surface area contributed by atoms with Gasteiger partial charge in [-0.25, -0.2) is 0 Å². The van der Waals surface area contributed by atoms with E-state index in [1.165, 1.54) is 0 Å². The number of nitrogens with one attached hydrogen (secondary N) is 1. The molecule has 1 aliphatic heterocycles. The van der Waals surface area contributed by atoms with E-state index in [1.54, 1.807) is 23.1 Å². The minimum Gasteiger partial charge on any atom is -0.380 e. The molecule has 0 bridgehead atoms. The Morgan fingerprint density at radius 3 is 2.63 bits per heavy atom. The lowest BCUT2D eigenvalue weighted by Gasteiger charge is -2.39. The van der Waals surface area contributed by atoms with Crippen LogP contribution in [0.5, 0.6) is 0 Å². The Bertz CT molecular complexity index is 704. The maximum absolute atomic E-state index is 12.8. The maximum atomic E-state index is 12.8. The molecule has 1 saturated heterocycles. The number of aliphatic hydroxyl groups is 1. The number of halogens is 2. The SMILES string of the molecule is O=C(NCc1ccc(Cl)cc1Cl)[C@@H]1CCCN(C(=O)C2(O)CCCCC2)C1. The van der Waals surface area contributed by atoms with Crippen molar-refractivity contribution in [2.45, 2.75) is 57.1 Å². The van der Waals surface area contributed by atoms with E-state index in [1.807, 2.05) is 0 Å². The molecule has 7 heteroatoms. The molecule has 2 fully saturated rings. The molecule has 3 rings (SSSR count). The zero-order valence-corrected chi connectivity index (χ0v) is 16.9. The molecule has 1 atom stereocenters. The third-order valence-corrected chi connectivity index (χ3v) is 6.21. The molecule has 1 aliphatic carbocycles. The van der Waals surface area contributed by atoms with E-state index in [2.05, 4.69) is 5.32 Å². The number of amides is 2. The molecule has 1 aromatic rings. The first-order valence-electron chi connectivity index (χ1n) is 9.62. The Labute approximate surface area is 170 Å². The number of nitrogens with zero attached hydrogens (tertiary/aromatic N) is 1. The van der Waals surface area contributed by atoms with Gasteiger partial charge < -0.3 is 15.3 Å². The van der Waals surface area contributed by atoms with Gasteiger partial charge in [0.15, 0.2) is 0 Å². The first-order chi connectivity index (χ1) is 12.9. The number of hydrogen-bond donors (Lipinski definition) is 2. The van der Waals surface area contributed by atoms with Crippen LogP contribution < -0.4 is 5.32 Å². The summed E-state index contributed by atoms with van der Waals surface area (Å²) in [7, 11) is 0. The molecule has 27 heavy (non-hydrogen) atoms. The first kappa shape index (κ1) is 20.4. The molecule has 0 unspecified atom stereocenters. The second-order valence-electron chi connectivity index (χ2n) is 7.64. The van der Waals surface area contributed by atoms with Crippen molar-refractivity contribution in [3.63, 3.8) is 0 Å². The highest BCUT2D eigenvalue weighted by Crippen LogP contribution is 2.31. The largest absolute Gasteiger partial charge is 0.380 e. The molecule has 2 aliphatic rings. The lowest BCUT2D eigenvalue weighted by atomic mass is 9.83. The number of rotatable bonds is 4. The average molecular weight is 413 g/mol. The van der Waals surface area contributed by atoms with Gasteiger partial charge in [-0.3, -0.25) is 9.59 Å². The maximum Gasteiger partial charge on any atom is 0.254 e. The van der Waals surface area contributed by atoms with E-state index < -0.39 is 5.60 Å². The van der Waals surface area contributed by atoms with E-state index in [0.717, 1.165) is 37.7 Å². The van der Waals surface area contributed by atoms with Crippen molar-refractivity contribution in [3.05, 3.63) is 33.8 Å². The molecule has 2 N–H and O–H groups in total. The van der Waals surface area contributed by atoms with E-state index in [-0.39, 0.29) is 17.7 Å². The number of hydrogen-bond acceptors (Lipinski definition) is 3. The van der Waals surface area contributed by atoms with Crippen LogP contribution in [-0.2, 0) is 16.1 Å². The van der Waals surface area contributed by atoms with Crippen LogP contribution in [0.15, 0.2) is 18.2 Å². The highest BCUT2D eigenvalue weighted by molar-refractivity contribution is 6.35. The average Bonchev–Trinajstić information content (AvgIpc) is 2.67. The van der Waals surface area contributed by atoms with Crippen molar-refractivity contribution < 1.29 is 14.7 Å². The Morgan fingerprint density at radius 1 is 1.19 bits per heavy atom. The topological polar surface area (TPSA) is 69.6 Å². The number of likely N-dealkylation sites (tertiary alicyclic amines) is 1.